The van der Waals surface area contributed by atoms with Crippen LogP contribution in [0.5, 0.6) is 0 Å². The molecular formula is C11H20N2O. The van der Waals surface area contributed by atoms with E-state index in [2.05, 4.69) is 13.8 Å². The van der Waals surface area contributed by atoms with Crippen LogP contribution in [-0.4, -0.2) is 29.9 Å². The monoisotopic (exact) mass is 196 g/mol. The summed E-state index contributed by atoms with van der Waals surface area (Å²) in [5.41, 5.74) is 5.75. The Morgan fingerprint density at radius 1 is 1.50 bits per heavy atom. The predicted octanol–water partition coefficient (Wildman–Crippen LogP) is 0.838. The summed E-state index contributed by atoms with van der Waals surface area (Å²) in [4.78, 5) is 14.0. The molecule has 1 saturated carbocycles. The molecule has 2 heterocycles. The number of carbonyl (C=O) groups is 1. The van der Waals surface area contributed by atoms with Crippen molar-refractivity contribution in [2.45, 2.75) is 32.7 Å². The Morgan fingerprint density at radius 3 is 2.64 bits per heavy atom. The summed E-state index contributed by atoms with van der Waals surface area (Å²) in [5, 5.41) is 0. The quantitative estimate of drug-likeness (QED) is 0.727. The Morgan fingerprint density at radius 2 is 2.14 bits per heavy atom. The first-order chi connectivity index (χ1) is 6.63. The topological polar surface area (TPSA) is 46.3 Å². The van der Waals surface area contributed by atoms with Crippen LogP contribution in [0.15, 0.2) is 0 Å². The summed E-state index contributed by atoms with van der Waals surface area (Å²) in [6.45, 7) is 5.83. The summed E-state index contributed by atoms with van der Waals surface area (Å²) in [5.74, 6) is 1.94. The van der Waals surface area contributed by atoms with Crippen molar-refractivity contribution in [1.29, 1.82) is 0 Å². The number of nitrogens with zero attached hydrogens (tertiary/aromatic N) is 1. The molecule has 0 aromatic rings. The molecule has 2 bridgehead atoms. The van der Waals surface area contributed by atoms with Gasteiger partial charge in [-0.05, 0) is 24.7 Å². The third-order valence-corrected chi connectivity index (χ3v) is 3.55. The van der Waals surface area contributed by atoms with Gasteiger partial charge in [-0.15, -0.1) is 0 Å². The number of nitrogens with two attached hydrogens (primary N) is 1. The Kier molecular flexibility index (Phi) is 2.52. The predicted molar refractivity (Wildman–Crippen MR) is 55.6 cm³/mol. The molecule has 1 amide bonds. The maximum absolute atomic E-state index is 11.9. The van der Waals surface area contributed by atoms with E-state index in [0.717, 1.165) is 19.4 Å². The van der Waals surface area contributed by atoms with E-state index < -0.39 is 0 Å². The molecular weight excluding hydrogens is 176 g/mol. The van der Waals surface area contributed by atoms with E-state index >= 15 is 0 Å². The van der Waals surface area contributed by atoms with Gasteiger partial charge in [-0.1, -0.05) is 13.8 Å². The average molecular weight is 196 g/mol. The zero-order chi connectivity index (χ0) is 10.3. The second-order valence-electron chi connectivity index (χ2n) is 5.12. The molecule has 3 rings (SSSR count). The summed E-state index contributed by atoms with van der Waals surface area (Å²) in [7, 11) is 0. The van der Waals surface area contributed by atoms with Crippen LogP contribution < -0.4 is 5.73 Å². The molecule has 0 radical (unpaired) electrons. The summed E-state index contributed by atoms with van der Waals surface area (Å²) in [6, 6.07) is 0.329. The van der Waals surface area contributed by atoms with E-state index in [-0.39, 0.29) is 0 Å². The largest absolute Gasteiger partial charge is 0.338 e. The third kappa shape index (κ3) is 1.44. The molecule has 1 unspecified atom stereocenters. The first-order valence-corrected chi connectivity index (χ1v) is 5.64. The van der Waals surface area contributed by atoms with Crippen molar-refractivity contribution < 1.29 is 4.79 Å². The smallest absolute Gasteiger partial charge is 0.226 e. The van der Waals surface area contributed by atoms with Crippen LogP contribution in [-0.2, 0) is 4.79 Å². The highest BCUT2D eigenvalue weighted by Crippen LogP contribution is 2.44. The van der Waals surface area contributed by atoms with E-state index in [1.54, 1.807) is 0 Å². The van der Waals surface area contributed by atoms with Gasteiger partial charge in [0.2, 0.25) is 5.91 Å². The van der Waals surface area contributed by atoms with Gasteiger partial charge in [0.1, 0.15) is 0 Å². The lowest BCUT2D eigenvalue weighted by Gasteiger charge is -2.52. The van der Waals surface area contributed by atoms with Crippen molar-refractivity contribution in [2.75, 3.05) is 13.1 Å². The standard InChI is InChI=1S/C11H20N2O/c1-7(2)6-13-10(5-12)8-3-9(4-8)11(13)14/h7-10H,3-6,12H2,1-2H3. The number of carbonyl (C=O) groups excluding carboxylic acids is 1. The van der Waals surface area contributed by atoms with Crippen molar-refractivity contribution >= 4 is 5.91 Å². The minimum Gasteiger partial charge on any atom is -0.338 e. The van der Waals surface area contributed by atoms with Crippen LogP contribution >= 0.6 is 0 Å². The van der Waals surface area contributed by atoms with Crippen LogP contribution in [0.4, 0.5) is 0 Å². The minimum atomic E-state index is 0.329. The lowest BCUT2D eigenvalue weighted by atomic mass is 9.66. The molecule has 80 valence electrons. The molecule has 2 aliphatic heterocycles. The van der Waals surface area contributed by atoms with Gasteiger partial charge in [0.25, 0.3) is 0 Å². The van der Waals surface area contributed by atoms with Gasteiger partial charge < -0.3 is 10.6 Å². The highest BCUT2D eigenvalue weighted by Gasteiger charge is 2.49. The fraction of sp³-hybridized carbons (Fsp3) is 0.909. The van der Waals surface area contributed by atoms with E-state index in [4.69, 9.17) is 5.73 Å². The van der Waals surface area contributed by atoms with Gasteiger partial charge in [-0.3, -0.25) is 4.79 Å². The molecule has 0 spiro atoms. The lowest BCUT2D eigenvalue weighted by Crippen LogP contribution is -2.62. The zero-order valence-corrected chi connectivity index (χ0v) is 9.07. The molecule has 2 saturated heterocycles. The van der Waals surface area contributed by atoms with E-state index in [9.17, 15) is 4.79 Å². The van der Waals surface area contributed by atoms with Gasteiger partial charge in [0.15, 0.2) is 0 Å². The average Bonchev–Trinajstić information content (AvgIpc) is 2.04. The molecule has 3 nitrogen and oxygen atoms in total. The minimum absolute atomic E-state index is 0.329. The molecule has 3 aliphatic rings. The van der Waals surface area contributed by atoms with Crippen LogP contribution in [0.1, 0.15) is 26.7 Å². The Labute approximate surface area is 85.6 Å². The van der Waals surface area contributed by atoms with Gasteiger partial charge in [0.05, 0.1) is 0 Å². The maximum Gasteiger partial charge on any atom is 0.226 e. The molecule has 1 atom stereocenters. The molecule has 14 heavy (non-hydrogen) atoms. The highest BCUT2D eigenvalue weighted by atomic mass is 16.2. The van der Waals surface area contributed by atoms with Crippen LogP contribution in [0.3, 0.4) is 0 Å². The molecule has 0 aromatic carbocycles. The van der Waals surface area contributed by atoms with Gasteiger partial charge >= 0.3 is 0 Å². The van der Waals surface area contributed by atoms with Gasteiger partial charge in [-0.2, -0.15) is 0 Å². The van der Waals surface area contributed by atoms with E-state index in [1.807, 2.05) is 4.90 Å². The first-order valence-electron chi connectivity index (χ1n) is 5.64. The van der Waals surface area contributed by atoms with Gasteiger partial charge in [-0.25, -0.2) is 0 Å². The highest BCUT2D eigenvalue weighted by molar-refractivity contribution is 5.81. The Bertz CT molecular complexity index is 233. The van der Waals surface area contributed by atoms with Crippen molar-refractivity contribution in [3.8, 4) is 0 Å². The number of rotatable bonds is 3. The van der Waals surface area contributed by atoms with E-state index in [0.29, 0.717) is 36.2 Å². The van der Waals surface area contributed by atoms with Crippen molar-refractivity contribution in [3.63, 3.8) is 0 Å². The van der Waals surface area contributed by atoms with Crippen molar-refractivity contribution in [2.24, 2.45) is 23.5 Å². The number of piperidine rings is 2. The Balaban J connectivity index is 2.07. The third-order valence-electron chi connectivity index (χ3n) is 3.55. The number of hydrogen-bond acceptors (Lipinski definition) is 2. The fourth-order valence-corrected chi connectivity index (χ4v) is 2.77. The number of amides is 1. The zero-order valence-electron chi connectivity index (χ0n) is 9.07. The second-order valence-corrected chi connectivity index (χ2v) is 5.12. The molecule has 2 N–H and O–H groups in total. The molecule has 3 heteroatoms. The normalized spacial score (nSPS) is 36.1. The number of hydrogen-bond donors (Lipinski definition) is 1. The lowest BCUT2D eigenvalue weighted by molar-refractivity contribution is -0.156. The molecule has 1 aliphatic carbocycles. The van der Waals surface area contributed by atoms with Crippen LogP contribution in [0.25, 0.3) is 0 Å². The van der Waals surface area contributed by atoms with Crippen molar-refractivity contribution in [3.05, 3.63) is 0 Å². The second kappa shape index (κ2) is 3.54. The Hall–Kier alpha value is -0.570. The summed E-state index contributed by atoms with van der Waals surface area (Å²) < 4.78 is 0. The van der Waals surface area contributed by atoms with Crippen molar-refractivity contribution in [1.82, 2.24) is 4.90 Å². The molecule has 3 fully saturated rings. The summed E-state index contributed by atoms with van der Waals surface area (Å²) in [6.07, 6.45) is 2.19. The number of fused-ring (bicyclic) bond motifs is 2. The SMILES string of the molecule is CC(C)CN1C(=O)C2CC(C2)C1CN. The molecule has 0 aromatic heterocycles. The first kappa shape index (κ1) is 9.97. The van der Waals surface area contributed by atoms with E-state index in [1.165, 1.54) is 0 Å². The van der Waals surface area contributed by atoms with Crippen LogP contribution in [0.2, 0.25) is 0 Å². The summed E-state index contributed by atoms with van der Waals surface area (Å²) >= 11 is 0. The van der Waals surface area contributed by atoms with Crippen LogP contribution in [0, 0.1) is 17.8 Å². The maximum atomic E-state index is 11.9. The van der Waals surface area contributed by atoms with Gasteiger partial charge in [0, 0.05) is 25.0 Å². The fourth-order valence-electron chi connectivity index (χ4n) is 2.77.